The van der Waals surface area contributed by atoms with Crippen LogP contribution in [0.1, 0.15) is 11.4 Å². The molecule has 21 heavy (non-hydrogen) atoms. The van der Waals surface area contributed by atoms with E-state index in [1.54, 1.807) is 0 Å². The molecule has 0 amide bonds. The van der Waals surface area contributed by atoms with Crippen molar-refractivity contribution in [2.45, 2.75) is 20.0 Å². The summed E-state index contributed by atoms with van der Waals surface area (Å²) in [6.45, 7) is 13.5. The highest BCUT2D eigenvalue weighted by molar-refractivity contribution is 5.76. The number of fused-ring (bicyclic) bond motifs is 1. The Morgan fingerprint density at radius 2 is 2.00 bits per heavy atom. The fourth-order valence-corrected chi connectivity index (χ4v) is 2.56. The number of nitrogens with zero attached hydrogens (tertiary/aromatic N) is 3. The van der Waals surface area contributed by atoms with Crippen molar-refractivity contribution in [1.29, 1.82) is 0 Å². The van der Waals surface area contributed by atoms with Crippen molar-refractivity contribution in [2.24, 2.45) is 5.73 Å². The van der Waals surface area contributed by atoms with Gasteiger partial charge in [0.15, 0.2) is 0 Å². The van der Waals surface area contributed by atoms with Crippen molar-refractivity contribution in [3.63, 3.8) is 0 Å². The van der Waals surface area contributed by atoms with E-state index >= 15 is 0 Å². The summed E-state index contributed by atoms with van der Waals surface area (Å²) in [6, 6.07) is 6.37. The minimum Gasteiger partial charge on any atom is -0.329 e. The molecule has 0 saturated carbocycles. The van der Waals surface area contributed by atoms with E-state index in [1.807, 2.05) is 12.2 Å². The van der Waals surface area contributed by atoms with Gasteiger partial charge in [0.1, 0.15) is 5.82 Å². The molecule has 0 aliphatic heterocycles. The maximum absolute atomic E-state index is 5.76. The molecule has 0 aliphatic rings. The number of aromatic nitrogens is 2. The Labute approximate surface area is 126 Å². The molecule has 1 heterocycles. The summed E-state index contributed by atoms with van der Waals surface area (Å²) in [5.74, 6) is 1.05. The smallest absolute Gasteiger partial charge is 0.124 e. The normalized spacial score (nSPS) is 11.2. The van der Waals surface area contributed by atoms with E-state index in [9.17, 15) is 0 Å². The Kier molecular flexibility index (Phi) is 5.31. The maximum atomic E-state index is 5.76. The highest BCUT2D eigenvalue weighted by atomic mass is 15.2. The zero-order valence-electron chi connectivity index (χ0n) is 12.8. The average molecular weight is 284 g/mol. The van der Waals surface area contributed by atoms with Gasteiger partial charge >= 0.3 is 0 Å². The van der Waals surface area contributed by atoms with Crippen molar-refractivity contribution < 1.29 is 0 Å². The number of benzene rings is 1. The van der Waals surface area contributed by atoms with Crippen LogP contribution in [0.2, 0.25) is 0 Å². The van der Waals surface area contributed by atoms with Gasteiger partial charge in [0.2, 0.25) is 0 Å². The summed E-state index contributed by atoms with van der Waals surface area (Å²) in [5, 5.41) is 0. The Bertz CT molecular complexity index is 617. The molecule has 0 saturated heterocycles. The third-order valence-electron chi connectivity index (χ3n) is 3.48. The summed E-state index contributed by atoms with van der Waals surface area (Å²) in [5.41, 5.74) is 9.17. The number of imidazole rings is 1. The van der Waals surface area contributed by atoms with Crippen LogP contribution in [-0.4, -0.2) is 34.1 Å². The van der Waals surface area contributed by atoms with E-state index in [-0.39, 0.29) is 0 Å². The molecule has 4 nitrogen and oxygen atoms in total. The first-order valence-electron chi connectivity index (χ1n) is 7.29. The molecule has 1 aromatic heterocycles. The fourth-order valence-electron chi connectivity index (χ4n) is 2.56. The van der Waals surface area contributed by atoms with Crippen LogP contribution >= 0.6 is 0 Å². The van der Waals surface area contributed by atoms with E-state index < -0.39 is 0 Å². The van der Waals surface area contributed by atoms with Crippen LogP contribution in [0.4, 0.5) is 0 Å². The van der Waals surface area contributed by atoms with E-state index in [0.29, 0.717) is 6.54 Å². The van der Waals surface area contributed by atoms with Crippen LogP contribution in [0.3, 0.4) is 0 Å². The highest BCUT2D eigenvalue weighted by Crippen LogP contribution is 2.19. The Hall–Kier alpha value is -1.91. The lowest BCUT2D eigenvalue weighted by atomic mass is 10.2. The minimum absolute atomic E-state index is 0.606. The molecule has 0 radical (unpaired) electrons. The Morgan fingerprint density at radius 3 is 2.62 bits per heavy atom. The van der Waals surface area contributed by atoms with Gasteiger partial charge in [0.05, 0.1) is 17.6 Å². The van der Waals surface area contributed by atoms with Crippen molar-refractivity contribution in [3.05, 3.63) is 54.9 Å². The number of aryl methyl sites for hydroxylation is 1. The van der Waals surface area contributed by atoms with Gasteiger partial charge in [-0.15, -0.1) is 13.2 Å². The topological polar surface area (TPSA) is 47.1 Å². The van der Waals surface area contributed by atoms with Crippen LogP contribution < -0.4 is 5.73 Å². The molecule has 4 heteroatoms. The molecule has 0 atom stereocenters. The fraction of sp³-hybridized carbons (Fsp3) is 0.353. The molecular formula is C17H24N4. The van der Waals surface area contributed by atoms with E-state index in [0.717, 1.165) is 43.0 Å². The zero-order valence-corrected chi connectivity index (χ0v) is 12.8. The van der Waals surface area contributed by atoms with Gasteiger partial charge < -0.3 is 10.3 Å². The first-order valence-corrected chi connectivity index (χ1v) is 7.29. The largest absolute Gasteiger partial charge is 0.329 e. The average Bonchev–Trinajstić information content (AvgIpc) is 2.77. The molecule has 0 spiro atoms. The number of nitrogens with two attached hydrogens (primary N) is 1. The predicted octanol–water partition coefficient (Wildman–Crippen LogP) is 2.48. The number of rotatable bonds is 8. The predicted molar refractivity (Wildman–Crippen MR) is 89.2 cm³/mol. The zero-order chi connectivity index (χ0) is 15.2. The summed E-state index contributed by atoms with van der Waals surface area (Å²) in [4.78, 5) is 7.04. The molecular weight excluding hydrogens is 260 g/mol. The highest BCUT2D eigenvalue weighted by Gasteiger charge is 2.13. The van der Waals surface area contributed by atoms with Crippen LogP contribution in [0.25, 0.3) is 11.0 Å². The molecule has 112 valence electrons. The summed E-state index contributed by atoms with van der Waals surface area (Å²) in [7, 11) is 0. The van der Waals surface area contributed by atoms with Gasteiger partial charge in [-0.25, -0.2) is 4.98 Å². The summed E-state index contributed by atoms with van der Waals surface area (Å²) >= 11 is 0. The van der Waals surface area contributed by atoms with Gasteiger partial charge in [-0.05, 0) is 24.6 Å². The second-order valence-corrected chi connectivity index (χ2v) is 5.23. The number of hydrogen-bond acceptors (Lipinski definition) is 3. The van der Waals surface area contributed by atoms with Crippen LogP contribution in [0.5, 0.6) is 0 Å². The minimum atomic E-state index is 0.606. The van der Waals surface area contributed by atoms with E-state index in [2.05, 4.69) is 47.7 Å². The molecule has 2 aromatic rings. The summed E-state index contributed by atoms with van der Waals surface area (Å²) in [6.07, 6.45) is 3.81. The lowest BCUT2D eigenvalue weighted by molar-refractivity contribution is 0.314. The Morgan fingerprint density at radius 1 is 1.29 bits per heavy atom. The first kappa shape index (κ1) is 15.5. The number of hydrogen-bond donors (Lipinski definition) is 1. The van der Waals surface area contributed by atoms with Crippen LogP contribution in [0, 0.1) is 6.92 Å². The monoisotopic (exact) mass is 284 g/mol. The molecule has 1 aromatic carbocycles. The van der Waals surface area contributed by atoms with Gasteiger partial charge in [-0.3, -0.25) is 4.90 Å². The van der Waals surface area contributed by atoms with Crippen molar-refractivity contribution in [1.82, 2.24) is 14.5 Å². The van der Waals surface area contributed by atoms with E-state index in [1.165, 1.54) is 5.56 Å². The van der Waals surface area contributed by atoms with Gasteiger partial charge in [0.25, 0.3) is 0 Å². The molecule has 2 rings (SSSR count). The quantitative estimate of drug-likeness (QED) is 0.758. The van der Waals surface area contributed by atoms with Crippen LogP contribution in [-0.2, 0) is 13.1 Å². The second kappa shape index (κ2) is 7.20. The van der Waals surface area contributed by atoms with Gasteiger partial charge in [0, 0.05) is 26.2 Å². The third kappa shape index (κ3) is 3.60. The van der Waals surface area contributed by atoms with Gasteiger partial charge in [-0.2, -0.15) is 0 Å². The SMILES string of the molecule is C=CCN(CC=C)Cc1nc2cc(C)ccc2n1CCN. The van der Waals surface area contributed by atoms with E-state index in [4.69, 9.17) is 10.7 Å². The molecule has 0 aliphatic carbocycles. The van der Waals surface area contributed by atoms with Crippen molar-refractivity contribution in [2.75, 3.05) is 19.6 Å². The molecule has 0 bridgehead atoms. The van der Waals surface area contributed by atoms with Crippen molar-refractivity contribution >= 4 is 11.0 Å². The Balaban J connectivity index is 2.38. The molecule has 2 N–H and O–H groups in total. The lowest BCUT2D eigenvalue weighted by Crippen LogP contribution is -2.26. The van der Waals surface area contributed by atoms with Crippen LogP contribution in [0.15, 0.2) is 43.5 Å². The molecule has 0 unspecified atom stereocenters. The second-order valence-electron chi connectivity index (χ2n) is 5.23. The standard InChI is InChI=1S/C17H24N4/c1-4-9-20(10-5-2)13-17-19-15-12-14(3)6-7-16(15)21(17)11-8-18/h4-7,12H,1-2,8-11,13,18H2,3H3. The summed E-state index contributed by atoms with van der Waals surface area (Å²) < 4.78 is 2.22. The maximum Gasteiger partial charge on any atom is 0.124 e. The third-order valence-corrected chi connectivity index (χ3v) is 3.48. The first-order chi connectivity index (χ1) is 10.2. The van der Waals surface area contributed by atoms with Gasteiger partial charge in [-0.1, -0.05) is 18.2 Å². The molecule has 0 fully saturated rings. The van der Waals surface area contributed by atoms with Crippen molar-refractivity contribution in [3.8, 4) is 0 Å². The lowest BCUT2D eigenvalue weighted by Gasteiger charge is -2.19.